The summed E-state index contributed by atoms with van der Waals surface area (Å²) in [6.07, 6.45) is 0.979. The number of carbonyl (C=O) groups excluding carboxylic acids is 3. The molecule has 0 aliphatic carbocycles. The van der Waals surface area contributed by atoms with Gasteiger partial charge in [0.2, 0.25) is 15.9 Å². The summed E-state index contributed by atoms with van der Waals surface area (Å²) in [5.41, 5.74) is 0. The second kappa shape index (κ2) is 11.7. The van der Waals surface area contributed by atoms with E-state index in [1.165, 1.54) is 11.3 Å². The van der Waals surface area contributed by atoms with Crippen LogP contribution in [0.1, 0.15) is 42.8 Å². The number of sulfonamides is 1. The van der Waals surface area contributed by atoms with Gasteiger partial charge in [0.25, 0.3) is 5.91 Å². The molecule has 38 heavy (non-hydrogen) atoms. The zero-order valence-corrected chi connectivity index (χ0v) is 22.8. The summed E-state index contributed by atoms with van der Waals surface area (Å²) in [5.74, 6) is -1.76. The zero-order valence-electron chi connectivity index (χ0n) is 21.1. The number of Topliss-reactive ketones (excluding diaryl/α,β-unsaturated/α-hetero) is 1. The highest BCUT2D eigenvalue weighted by Gasteiger charge is 2.34. The zero-order chi connectivity index (χ0) is 27.4. The average Bonchev–Trinajstić information content (AvgIpc) is 3.22. The van der Waals surface area contributed by atoms with Gasteiger partial charge in [-0.05, 0) is 67.0 Å². The number of hydrogen-bond donors (Lipinski definition) is 2. The molecule has 2 heterocycles. The quantitative estimate of drug-likeness (QED) is 0.437. The van der Waals surface area contributed by atoms with E-state index in [0.29, 0.717) is 17.7 Å². The lowest BCUT2D eigenvalue weighted by molar-refractivity contribution is -0.129. The monoisotopic (exact) mass is 559 g/mol. The molecule has 2 N–H and O–H groups in total. The number of nitrogens with zero attached hydrogens (tertiary/aromatic N) is 1. The Morgan fingerprint density at radius 3 is 2.53 bits per heavy atom. The number of rotatable bonds is 8. The van der Waals surface area contributed by atoms with E-state index >= 15 is 0 Å². The molecule has 1 aliphatic heterocycles. The first-order chi connectivity index (χ1) is 18.0. The van der Waals surface area contributed by atoms with Crippen molar-refractivity contribution in [1.29, 1.82) is 0 Å². The van der Waals surface area contributed by atoms with Crippen LogP contribution in [0.5, 0.6) is 0 Å². The maximum Gasteiger partial charge on any atom is 0.262 e. The fourth-order valence-corrected chi connectivity index (χ4v) is 6.82. The van der Waals surface area contributed by atoms with Gasteiger partial charge in [0, 0.05) is 11.2 Å². The summed E-state index contributed by atoms with van der Waals surface area (Å²) < 4.78 is 41.3. The molecule has 1 aliphatic rings. The Bertz CT molecular complexity index is 1400. The summed E-state index contributed by atoms with van der Waals surface area (Å²) in [5, 5.41) is 6.50. The van der Waals surface area contributed by atoms with Crippen LogP contribution >= 0.6 is 11.3 Å². The molecule has 0 bridgehead atoms. The molecule has 0 saturated carbocycles. The summed E-state index contributed by atoms with van der Waals surface area (Å²) in [6, 6.07) is 12.1. The average molecular weight is 560 g/mol. The van der Waals surface area contributed by atoms with Gasteiger partial charge in [0.05, 0.1) is 22.4 Å². The van der Waals surface area contributed by atoms with E-state index in [4.69, 9.17) is 0 Å². The fraction of sp³-hybridized carbons (Fsp3) is 0.370. The Hall–Kier alpha value is -3.15. The van der Waals surface area contributed by atoms with Crippen molar-refractivity contribution < 1.29 is 27.2 Å². The normalized spacial score (nSPS) is 17.8. The Kier molecular flexibility index (Phi) is 8.59. The maximum atomic E-state index is 13.3. The molecule has 11 heteroatoms. The van der Waals surface area contributed by atoms with Crippen LogP contribution in [0.2, 0.25) is 0 Å². The van der Waals surface area contributed by atoms with Gasteiger partial charge in [-0.15, -0.1) is 11.3 Å². The number of ketones is 1. The van der Waals surface area contributed by atoms with Crippen molar-refractivity contribution in [3.63, 3.8) is 0 Å². The van der Waals surface area contributed by atoms with Crippen LogP contribution < -0.4 is 10.6 Å². The number of nitrogens with one attached hydrogen (secondary N) is 2. The van der Waals surface area contributed by atoms with Gasteiger partial charge >= 0.3 is 0 Å². The van der Waals surface area contributed by atoms with Gasteiger partial charge in [-0.2, -0.15) is 4.31 Å². The van der Waals surface area contributed by atoms with E-state index in [-0.39, 0.29) is 29.7 Å². The van der Waals surface area contributed by atoms with Crippen LogP contribution in [0.25, 0.3) is 10.1 Å². The summed E-state index contributed by atoms with van der Waals surface area (Å²) in [7, 11) is -4.00. The minimum absolute atomic E-state index is 0.0923. The number of thiophene rings is 1. The number of benzene rings is 2. The van der Waals surface area contributed by atoms with Gasteiger partial charge in [0.15, 0.2) is 5.78 Å². The van der Waals surface area contributed by atoms with E-state index < -0.39 is 46.2 Å². The molecule has 8 nitrogen and oxygen atoms in total. The van der Waals surface area contributed by atoms with Crippen molar-refractivity contribution in [2.75, 3.05) is 13.1 Å². The van der Waals surface area contributed by atoms with Crippen molar-refractivity contribution in [3.8, 4) is 0 Å². The minimum Gasteiger partial charge on any atom is -0.344 e. The Morgan fingerprint density at radius 2 is 1.84 bits per heavy atom. The molecule has 1 saturated heterocycles. The van der Waals surface area contributed by atoms with Gasteiger partial charge in [-0.25, -0.2) is 12.8 Å². The van der Waals surface area contributed by atoms with Gasteiger partial charge < -0.3 is 10.6 Å². The highest BCUT2D eigenvalue weighted by Crippen LogP contribution is 2.25. The molecule has 1 aromatic heterocycles. The van der Waals surface area contributed by atoms with Crippen molar-refractivity contribution in [2.45, 2.75) is 50.1 Å². The van der Waals surface area contributed by atoms with Crippen LogP contribution in [-0.2, 0) is 19.6 Å². The van der Waals surface area contributed by atoms with Crippen LogP contribution in [0.4, 0.5) is 4.39 Å². The molecule has 2 aromatic carbocycles. The summed E-state index contributed by atoms with van der Waals surface area (Å²) in [4.78, 5) is 39.6. The molecular formula is C27H30FN3O5S2. The third-order valence-electron chi connectivity index (χ3n) is 6.37. The summed E-state index contributed by atoms with van der Waals surface area (Å²) in [6.45, 7) is 3.55. The first kappa shape index (κ1) is 27.9. The molecule has 2 amide bonds. The number of hydrogen-bond acceptors (Lipinski definition) is 6. The SMILES string of the molecule is CC(C)CC(NC(=O)c1cc2ccccc2s1)C(=O)NC1CCCN(S(=O)(=O)c2ccc(F)cc2)CC1=O. The number of fused-ring (bicyclic) bond motifs is 1. The number of halogens is 1. The van der Waals surface area contributed by atoms with Crippen molar-refractivity contribution in [3.05, 3.63) is 65.3 Å². The lowest BCUT2D eigenvalue weighted by Crippen LogP contribution is -2.52. The van der Waals surface area contributed by atoms with Crippen LogP contribution in [0.3, 0.4) is 0 Å². The molecule has 3 aromatic rings. The Morgan fingerprint density at radius 1 is 1.13 bits per heavy atom. The molecule has 2 unspecified atom stereocenters. The number of amides is 2. The standard InChI is InChI=1S/C27H30FN3O5S2/c1-17(2)14-22(30-27(34)25-15-18-6-3-4-8-24(18)37-25)26(33)29-21-7-5-13-31(16-23(21)32)38(35,36)20-11-9-19(28)10-12-20/h3-4,6,8-12,15,17,21-22H,5,7,13-14,16H2,1-2H3,(H,29,33)(H,30,34). The molecule has 202 valence electrons. The smallest absolute Gasteiger partial charge is 0.262 e. The molecule has 4 rings (SSSR count). The molecular weight excluding hydrogens is 529 g/mol. The topological polar surface area (TPSA) is 113 Å². The third-order valence-corrected chi connectivity index (χ3v) is 9.34. The van der Waals surface area contributed by atoms with Crippen molar-refractivity contribution in [1.82, 2.24) is 14.9 Å². The largest absolute Gasteiger partial charge is 0.344 e. The van der Waals surface area contributed by atoms with E-state index in [1.54, 1.807) is 6.07 Å². The lowest BCUT2D eigenvalue weighted by Gasteiger charge is -2.23. The van der Waals surface area contributed by atoms with E-state index in [2.05, 4.69) is 10.6 Å². The van der Waals surface area contributed by atoms with E-state index in [9.17, 15) is 27.2 Å². The summed E-state index contributed by atoms with van der Waals surface area (Å²) >= 11 is 1.34. The highest BCUT2D eigenvalue weighted by atomic mass is 32.2. The van der Waals surface area contributed by atoms with Gasteiger partial charge in [0.1, 0.15) is 11.9 Å². The van der Waals surface area contributed by atoms with Crippen molar-refractivity contribution >= 4 is 49.0 Å². The Balaban J connectivity index is 1.44. The van der Waals surface area contributed by atoms with Gasteiger partial charge in [-0.1, -0.05) is 32.0 Å². The van der Waals surface area contributed by atoms with Gasteiger partial charge in [-0.3, -0.25) is 14.4 Å². The lowest BCUT2D eigenvalue weighted by atomic mass is 10.0. The highest BCUT2D eigenvalue weighted by molar-refractivity contribution is 7.89. The third kappa shape index (κ3) is 6.46. The second-order valence-electron chi connectivity index (χ2n) is 9.77. The second-order valence-corrected chi connectivity index (χ2v) is 12.8. The van der Waals surface area contributed by atoms with E-state index in [0.717, 1.165) is 38.7 Å². The number of carbonyl (C=O) groups is 3. The minimum atomic E-state index is -4.00. The Labute approximate surface area is 225 Å². The fourth-order valence-electron chi connectivity index (χ4n) is 4.41. The molecule has 0 spiro atoms. The predicted octanol–water partition coefficient (Wildman–Crippen LogP) is 3.72. The van der Waals surface area contributed by atoms with Crippen LogP contribution in [0.15, 0.2) is 59.5 Å². The molecule has 2 atom stereocenters. The molecule has 1 fully saturated rings. The molecule has 0 radical (unpaired) electrons. The van der Waals surface area contributed by atoms with Crippen LogP contribution in [-0.4, -0.2) is 55.5 Å². The van der Waals surface area contributed by atoms with E-state index in [1.807, 2.05) is 38.1 Å². The maximum absolute atomic E-state index is 13.3. The van der Waals surface area contributed by atoms with Crippen LogP contribution in [0, 0.1) is 11.7 Å². The first-order valence-electron chi connectivity index (χ1n) is 12.4. The van der Waals surface area contributed by atoms with Crippen molar-refractivity contribution in [2.24, 2.45) is 5.92 Å². The predicted molar refractivity (Wildman–Crippen MR) is 144 cm³/mol. The first-order valence-corrected chi connectivity index (χ1v) is 14.7.